The van der Waals surface area contributed by atoms with E-state index in [9.17, 15) is 5.11 Å². The summed E-state index contributed by atoms with van der Waals surface area (Å²) in [6.07, 6.45) is 2.02. The van der Waals surface area contributed by atoms with Crippen LogP contribution in [0.15, 0.2) is 0 Å². The Bertz CT molecular complexity index is 174. The van der Waals surface area contributed by atoms with E-state index < -0.39 is 5.60 Å². The molecule has 0 rings (SSSR count). The largest absolute Gasteiger partial charge is 0.388 e. The van der Waals surface area contributed by atoms with Crippen molar-refractivity contribution in [3.05, 3.63) is 0 Å². The summed E-state index contributed by atoms with van der Waals surface area (Å²) in [4.78, 5) is 0. The first kappa shape index (κ1) is 16.6. The molecule has 98 valence electrons. The maximum atomic E-state index is 9.99. The standard InChI is InChI=1S/C12H27NOS2/c1-10(2)6-16-7-11(3)13-8-12(4,14)9-15-5/h10-11,13-14H,6-9H2,1-5H3. The molecule has 0 amide bonds. The van der Waals surface area contributed by atoms with Gasteiger partial charge in [0.1, 0.15) is 0 Å². The monoisotopic (exact) mass is 265 g/mol. The molecule has 0 aliphatic heterocycles. The van der Waals surface area contributed by atoms with E-state index in [2.05, 4.69) is 26.1 Å². The molecule has 2 N–H and O–H groups in total. The van der Waals surface area contributed by atoms with Crippen molar-refractivity contribution in [1.29, 1.82) is 0 Å². The van der Waals surface area contributed by atoms with Crippen LogP contribution in [0.2, 0.25) is 0 Å². The van der Waals surface area contributed by atoms with Crippen molar-refractivity contribution in [3.8, 4) is 0 Å². The fourth-order valence-electron chi connectivity index (χ4n) is 1.30. The summed E-state index contributed by atoms with van der Waals surface area (Å²) in [6, 6.07) is 0.470. The Morgan fingerprint density at radius 1 is 1.25 bits per heavy atom. The zero-order valence-corrected chi connectivity index (χ0v) is 12.9. The molecule has 0 radical (unpaired) electrons. The second kappa shape index (κ2) is 8.67. The highest BCUT2D eigenvalue weighted by Gasteiger charge is 2.19. The van der Waals surface area contributed by atoms with E-state index in [4.69, 9.17) is 0 Å². The van der Waals surface area contributed by atoms with Gasteiger partial charge in [0.05, 0.1) is 5.60 Å². The van der Waals surface area contributed by atoms with Crippen LogP contribution in [0.4, 0.5) is 0 Å². The van der Waals surface area contributed by atoms with E-state index in [1.165, 1.54) is 5.75 Å². The van der Waals surface area contributed by atoms with Crippen LogP contribution in [0.25, 0.3) is 0 Å². The van der Waals surface area contributed by atoms with Crippen LogP contribution in [0.5, 0.6) is 0 Å². The molecule has 2 unspecified atom stereocenters. The van der Waals surface area contributed by atoms with Crippen molar-refractivity contribution < 1.29 is 5.11 Å². The first-order valence-corrected chi connectivity index (χ1v) is 8.44. The average molecular weight is 265 g/mol. The van der Waals surface area contributed by atoms with E-state index in [-0.39, 0.29) is 0 Å². The summed E-state index contributed by atoms with van der Waals surface area (Å²) >= 11 is 3.67. The molecule has 16 heavy (non-hydrogen) atoms. The third kappa shape index (κ3) is 9.82. The first-order valence-electron chi connectivity index (χ1n) is 5.90. The summed E-state index contributed by atoms with van der Waals surface area (Å²) in [6.45, 7) is 9.24. The number of hydrogen-bond acceptors (Lipinski definition) is 4. The summed E-state index contributed by atoms with van der Waals surface area (Å²) in [5, 5.41) is 13.4. The topological polar surface area (TPSA) is 32.3 Å². The van der Waals surface area contributed by atoms with Gasteiger partial charge in [0.25, 0.3) is 0 Å². The normalized spacial score (nSPS) is 17.4. The smallest absolute Gasteiger partial charge is 0.0833 e. The highest BCUT2D eigenvalue weighted by molar-refractivity contribution is 7.99. The Hall–Kier alpha value is 0.620. The lowest BCUT2D eigenvalue weighted by molar-refractivity contribution is 0.0828. The van der Waals surface area contributed by atoms with Gasteiger partial charge in [-0.25, -0.2) is 0 Å². The predicted octanol–water partition coefficient (Wildman–Crippen LogP) is 2.47. The van der Waals surface area contributed by atoms with Gasteiger partial charge in [0.15, 0.2) is 0 Å². The maximum Gasteiger partial charge on any atom is 0.0833 e. The van der Waals surface area contributed by atoms with Gasteiger partial charge in [-0.3, -0.25) is 0 Å². The number of nitrogens with one attached hydrogen (secondary N) is 1. The zero-order valence-electron chi connectivity index (χ0n) is 11.2. The molecule has 0 fully saturated rings. The zero-order chi connectivity index (χ0) is 12.6. The highest BCUT2D eigenvalue weighted by atomic mass is 32.2. The minimum absolute atomic E-state index is 0.470. The summed E-state index contributed by atoms with van der Waals surface area (Å²) < 4.78 is 0. The minimum Gasteiger partial charge on any atom is -0.388 e. The third-order valence-corrected chi connectivity index (χ3v) is 4.65. The molecular formula is C12H27NOS2. The molecule has 0 spiro atoms. The van der Waals surface area contributed by atoms with Gasteiger partial charge in [-0.2, -0.15) is 23.5 Å². The van der Waals surface area contributed by atoms with Crippen molar-refractivity contribution in [2.45, 2.75) is 39.3 Å². The Morgan fingerprint density at radius 2 is 1.88 bits per heavy atom. The van der Waals surface area contributed by atoms with Gasteiger partial charge in [-0.1, -0.05) is 13.8 Å². The SMILES string of the molecule is CSCC(C)(O)CNC(C)CSCC(C)C. The Kier molecular flexibility index (Phi) is 9.01. The predicted molar refractivity (Wildman–Crippen MR) is 78.6 cm³/mol. The van der Waals surface area contributed by atoms with E-state index in [1.54, 1.807) is 11.8 Å². The number of rotatable bonds is 9. The van der Waals surface area contributed by atoms with Crippen LogP contribution < -0.4 is 5.32 Å². The van der Waals surface area contributed by atoms with E-state index in [1.807, 2.05) is 24.9 Å². The van der Waals surface area contributed by atoms with Crippen LogP contribution in [0.3, 0.4) is 0 Å². The summed E-state index contributed by atoms with van der Waals surface area (Å²) in [5.41, 5.74) is -0.587. The maximum absolute atomic E-state index is 9.99. The van der Waals surface area contributed by atoms with Crippen LogP contribution in [0.1, 0.15) is 27.7 Å². The van der Waals surface area contributed by atoms with Crippen LogP contribution in [0, 0.1) is 5.92 Å². The van der Waals surface area contributed by atoms with Crippen LogP contribution in [-0.4, -0.2) is 46.8 Å². The van der Waals surface area contributed by atoms with E-state index in [0.717, 1.165) is 17.4 Å². The van der Waals surface area contributed by atoms with Crippen molar-refractivity contribution in [2.75, 3.05) is 30.1 Å². The Labute approximate surface area is 109 Å². The van der Waals surface area contributed by atoms with Gasteiger partial charge in [-0.15, -0.1) is 0 Å². The minimum atomic E-state index is -0.587. The molecule has 0 aromatic carbocycles. The van der Waals surface area contributed by atoms with Gasteiger partial charge >= 0.3 is 0 Å². The Morgan fingerprint density at radius 3 is 2.38 bits per heavy atom. The van der Waals surface area contributed by atoms with Crippen molar-refractivity contribution in [3.63, 3.8) is 0 Å². The third-order valence-electron chi connectivity index (χ3n) is 2.11. The quantitative estimate of drug-likeness (QED) is 0.671. The first-order chi connectivity index (χ1) is 7.37. The van der Waals surface area contributed by atoms with Gasteiger partial charge in [-0.05, 0) is 31.8 Å². The molecular weight excluding hydrogens is 238 g/mol. The highest BCUT2D eigenvalue weighted by Crippen LogP contribution is 2.11. The lowest BCUT2D eigenvalue weighted by Gasteiger charge is -2.25. The molecule has 2 nitrogen and oxygen atoms in total. The van der Waals surface area contributed by atoms with E-state index in [0.29, 0.717) is 12.6 Å². The molecule has 0 aliphatic carbocycles. The second-order valence-electron chi connectivity index (χ2n) is 5.14. The fourth-order valence-corrected chi connectivity index (χ4v) is 3.10. The number of hydrogen-bond donors (Lipinski definition) is 2. The number of thioether (sulfide) groups is 2. The van der Waals surface area contributed by atoms with E-state index >= 15 is 0 Å². The molecule has 0 aromatic rings. The molecule has 0 saturated heterocycles. The lowest BCUT2D eigenvalue weighted by Crippen LogP contribution is -2.44. The van der Waals surface area contributed by atoms with Crippen molar-refractivity contribution >= 4 is 23.5 Å². The number of aliphatic hydroxyl groups is 1. The van der Waals surface area contributed by atoms with Gasteiger partial charge < -0.3 is 10.4 Å². The lowest BCUT2D eigenvalue weighted by atomic mass is 10.1. The second-order valence-corrected chi connectivity index (χ2v) is 7.08. The molecule has 0 heterocycles. The molecule has 2 atom stereocenters. The molecule has 4 heteroatoms. The summed E-state index contributed by atoms with van der Waals surface area (Å²) in [7, 11) is 0. The molecule has 0 aliphatic rings. The van der Waals surface area contributed by atoms with Gasteiger partial charge in [0, 0.05) is 24.1 Å². The fraction of sp³-hybridized carbons (Fsp3) is 1.00. The average Bonchev–Trinajstić information content (AvgIpc) is 2.14. The molecule has 0 saturated carbocycles. The van der Waals surface area contributed by atoms with Crippen LogP contribution >= 0.6 is 23.5 Å². The van der Waals surface area contributed by atoms with Crippen LogP contribution in [-0.2, 0) is 0 Å². The van der Waals surface area contributed by atoms with Gasteiger partial charge in [0.2, 0.25) is 0 Å². The Balaban J connectivity index is 3.60. The molecule has 0 bridgehead atoms. The van der Waals surface area contributed by atoms with Crippen molar-refractivity contribution in [2.24, 2.45) is 5.92 Å². The molecule has 0 aromatic heterocycles. The summed E-state index contributed by atoms with van der Waals surface area (Å²) in [5.74, 6) is 3.88. The van der Waals surface area contributed by atoms with Crippen molar-refractivity contribution in [1.82, 2.24) is 5.32 Å².